The van der Waals surface area contributed by atoms with Crippen LogP contribution in [0.25, 0.3) is 0 Å². The summed E-state index contributed by atoms with van der Waals surface area (Å²) in [4.78, 5) is 4.11. The first kappa shape index (κ1) is 10.5. The lowest BCUT2D eigenvalue weighted by atomic mass is 10.5. The van der Waals surface area contributed by atoms with Crippen molar-refractivity contribution in [1.82, 2.24) is 9.55 Å². The van der Waals surface area contributed by atoms with Crippen LogP contribution in [-0.2, 0) is 17.2 Å². The molecule has 0 bridgehead atoms. The molecule has 3 nitrogen and oxygen atoms in total. The normalized spacial score (nSPS) is 11.1. The molecule has 0 aliphatic carbocycles. The van der Waals surface area contributed by atoms with Crippen molar-refractivity contribution in [2.24, 2.45) is 0 Å². The number of nitrogens with zero attached hydrogens (tertiary/aromatic N) is 2. The highest BCUT2D eigenvalue weighted by molar-refractivity contribution is 6.16. The van der Waals surface area contributed by atoms with Crippen LogP contribution in [0.3, 0.4) is 0 Å². The standard InChI is InChI=1S/C9H15ClN2O/c1-8(2)13-6-5-12-4-3-11-9(12)7-10/h3-4,8H,5-7H2,1-2H3. The van der Waals surface area contributed by atoms with E-state index in [0.717, 1.165) is 12.4 Å². The van der Waals surface area contributed by atoms with Crippen molar-refractivity contribution in [3.63, 3.8) is 0 Å². The molecule has 0 unspecified atom stereocenters. The number of ether oxygens (including phenoxy) is 1. The highest BCUT2D eigenvalue weighted by Gasteiger charge is 2.00. The number of rotatable bonds is 5. The van der Waals surface area contributed by atoms with Crippen molar-refractivity contribution >= 4 is 11.6 Å². The van der Waals surface area contributed by atoms with Crippen LogP contribution in [0.1, 0.15) is 19.7 Å². The van der Waals surface area contributed by atoms with Gasteiger partial charge in [0.1, 0.15) is 5.82 Å². The molecule has 0 saturated carbocycles. The molecule has 0 aliphatic rings. The average Bonchev–Trinajstić information content (AvgIpc) is 2.51. The van der Waals surface area contributed by atoms with Gasteiger partial charge in [-0.2, -0.15) is 0 Å². The van der Waals surface area contributed by atoms with E-state index in [2.05, 4.69) is 4.98 Å². The van der Waals surface area contributed by atoms with Crippen LogP contribution in [0.4, 0.5) is 0 Å². The first-order chi connectivity index (χ1) is 6.24. The Bertz CT molecular complexity index is 248. The fraction of sp³-hybridized carbons (Fsp3) is 0.667. The first-order valence-electron chi connectivity index (χ1n) is 4.41. The van der Waals surface area contributed by atoms with Crippen LogP contribution in [0.5, 0.6) is 0 Å². The number of hydrogen-bond donors (Lipinski definition) is 0. The first-order valence-corrected chi connectivity index (χ1v) is 4.95. The topological polar surface area (TPSA) is 27.1 Å². The molecular weight excluding hydrogens is 188 g/mol. The monoisotopic (exact) mass is 202 g/mol. The maximum Gasteiger partial charge on any atom is 0.123 e. The molecule has 1 aromatic heterocycles. The summed E-state index contributed by atoms with van der Waals surface area (Å²) in [5.41, 5.74) is 0. The Morgan fingerprint density at radius 1 is 1.62 bits per heavy atom. The predicted molar refractivity (Wildman–Crippen MR) is 52.9 cm³/mol. The maximum absolute atomic E-state index is 5.69. The molecule has 0 fully saturated rings. The predicted octanol–water partition coefficient (Wildman–Crippen LogP) is 2.05. The van der Waals surface area contributed by atoms with Gasteiger partial charge in [-0.1, -0.05) is 0 Å². The van der Waals surface area contributed by atoms with E-state index < -0.39 is 0 Å². The Morgan fingerprint density at radius 2 is 2.38 bits per heavy atom. The smallest absolute Gasteiger partial charge is 0.123 e. The molecule has 0 N–H and O–H groups in total. The fourth-order valence-corrected chi connectivity index (χ4v) is 1.28. The molecule has 0 spiro atoms. The van der Waals surface area contributed by atoms with Crippen LogP contribution >= 0.6 is 11.6 Å². The van der Waals surface area contributed by atoms with Gasteiger partial charge in [-0.05, 0) is 13.8 Å². The number of halogens is 1. The molecule has 74 valence electrons. The van der Waals surface area contributed by atoms with Crippen molar-refractivity contribution in [2.75, 3.05) is 6.61 Å². The Hall–Kier alpha value is -0.540. The minimum Gasteiger partial charge on any atom is -0.377 e. The van der Waals surface area contributed by atoms with Crippen LogP contribution in [0.2, 0.25) is 0 Å². The second kappa shape index (κ2) is 5.25. The SMILES string of the molecule is CC(C)OCCn1ccnc1CCl. The van der Waals surface area contributed by atoms with Gasteiger partial charge in [-0.25, -0.2) is 4.98 Å². The summed E-state index contributed by atoms with van der Waals surface area (Å²) in [5, 5.41) is 0. The third-order valence-electron chi connectivity index (χ3n) is 1.70. The second-order valence-corrected chi connectivity index (χ2v) is 3.36. The van der Waals surface area contributed by atoms with E-state index in [9.17, 15) is 0 Å². The van der Waals surface area contributed by atoms with Crippen LogP contribution in [-0.4, -0.2) is 22.3 Å². The highest BCUT2D eigenvalue weighted by Crippen LogP contribution is 2.01. The lowest BCUT2D eigenvalue weighted by molar-refractivity contribution is 0.0724. The molecule has 13 heavy (non-hydrogen) atoms. The zero-order valence-electron chi connectivity index (χ0n) is 8.03. The van der Waals surface area contributed by atoms with Crippen LogP contribution in [0, 0.1) is 0 Å². The van der Waals surface area contributed by atoms with Gasteiger partial charge in [0.05, 0.1) is 18.6 Å². The Balaban J connectivity index is 2.36. The van der Waals surface area contributed by atoms with Crippen LogP contribution < -0.4 is 0 Å². The molecular formula is C9H15ClN2O. The molecule has 0 aromatic carbocycles. The third-order valence-corrected chi connectivity index (χ3v) is 1.94. The summed E-state index contributed by atoms with van der Waals surface area (Å²) in [6, 6.07) is 0. The van der Waals surface area contributed by atoms with E-state index in [-0.39, 0.29) is 6.10 Å². The van der Waals surface area contributed by atoms with E-state index in [1.165, 1.54) is 0 Å². The fourth-order valence-electron chi connectivity index (χ4n) is 1.06. The van der Waals surface area contributed by atoms with Gasteiger partial charge in [0.2, 0.25) is 0 Å². The molecule has 0 radical (unpaired) electrons. The zero-order chi connectivity index (χ0) is 9.68. The van der Waals surface area contributed by atoms with E-state index in [4.69, 9.17) is 16.3 Å². The Labute approximate surface area is 83.7 Å². The highest BCUT2D eigenvalue weighted by atomic mass is 35.5. The number of hydrogen-bond acceptors (Lipinski definition) is 2. The van der Waals surface area contributed by atoms with Crippen molar-refractivity contribution in [3.8, 4) is 0 Å². The second-order valence-electron chi connectivity index (χ2n) is 3.09. The van der Waals surface area contributed by atoms with Crippen molar-refractivity contribution in [1.29, 1.82) is 0 Å². The van der Waals surface area contributed by atoms with Gasteiger partial charge in [-0.3, -0.25) is 0 Å². The minimum atomic E-state index is 0.281. The molecule has 0 atom stereocenters. The quantitative estimate of drug-likeness (QED) is 0.684. The summed E-state index contributed by atoms with van der Waals surface area (Å²) in [6.45, 7) is 5.57. The lowest BCUT2D eigenvalue weighted by Gasteiger charge is -2.09. The van der Waals surface area contributed by atoms with E-state index in [0.29, 0.717) is 12.5 Å². The third kappa shape index (κ3) is 3.36. The van der Waals surface area contributed by atoms with Crippen molar-refractivity contribution in [3.05, 3.63) is 18.2 Å². The minimum absolute atomic E-state index is 0.281. The average molecular weight is 203 g/mol. The van der Waals surface area contributed by atoms with Crippen LogP contribution in [0.15, 0.2) is 12.4 Å². The molecule has 0 amide bonds. The zero-order valence-corrected chi connectivity index (χ0v) is 8.79. The van der Waals surface area contributed by atoms with Gasteiger partial charge in [0.15, 0.2) is 0 Å². The molecule has 1 aromatic rings. The molecule has 0 aliphatic heterocycles. The number of imidazole rings is 1. The number of aromatic nitrogens is 2. The summed E-state index contributed by atoms with van der Waals surface area (Å²) in [6.07, 6.45) is 3.96. The van der Waals surface area contributed by atoms with Crippen molar-refractivity contribution in [2.45, 2.75) is 32.4 Å². The van der Waals surface area contributed by atoms with E-state index in [1.54, 1.807) is 6.20 Å². The molecule has 1 rings (SSSR count). The molecule has 4 heteroatoms. The van der Waals surface area contributed by atoms with E-state index in [1.807, 2.05) is 24.6 Å². The summed E-state index contributed by atoms with van der Waals surface area (Å²) in [7, 11) is 0. The molecule has 1 heterocycles. The van der Waals surface area contributed by atoms with Gasteiger partial charge in [0.25, 0.3) is 0 Å². The number of alkyl halides is 1. The Morgan fingerprint density at radius 3 is 3.00 bits per heavy atom. The van der Waals surface area contributed by atoms with Gasteiger partial charge in [0, 0.05) is 18.9 Å². The molecule has 0 saturated heterocycles. The largest absolute Gasteiger partial charge is 0.377 e. The van der Waals surface area contributed by atoms with Crippen molar-refractivity contribution < 1.29 is 4.74 Å². The summed E-state index contributed by atoms with van der Waals surface area (Å²) in [5.74, 6) is 1.35. The Kier molecular flexibility index (Phi) is 4.25. The van der Waals surface area contributed by atoms with Gasteiger partial charge >= 0.3 is 0 Å². The van der Waals surface area contributed by atoms with Gasteiger partial charge < -0.3 is 9.30 Å². The maximum atomic E-state index is 5.69. The van der Waals surface area contributed by atoms with E-state index >= 15 is 0 Å². The lowest BCUT2D eigenvalue weighted by Crippen LogP contribution is -2.11. The summed E-state index contributed by atoms with van der Waals surface area (Å²) >= 11 is 5.69. The summed E-state index contributed by atoms with van der Waals surface area (Å²) < 4.78 is 7.43. The van der Waals surface area contributed by atoms with Gasteiger partial charge in [-0.15, -0.1) is 11.6 Å².